The number of rotatable bonds is 4. The topological polar surface area (TPSA) is 35.2 Å². The molecule has 1 aromatic heterocycles. The molecule has 3 aliphatic rings. The molecule has 1 aliphatic carbocycles. The van der Waals surface area contributed by atoms with Crippen molar-refractivity contribution < 1.29 is 0 Å². The molecule has 2 fully saturated rings. The highest BCUT2D eigenvalue weighted by Crippen LogP contribution is 2.41. The van der Waals surface area contributed by atoms with Crippen molar-refractivity contribution in [3.05, 3.63) is 17.0 Å². The second-order valence-corrected chi connectivity index (χ2v) is 7.08. The van der Waals surface area contributed by atoms with Crippen LogP contribution >= 0.6 is 0 Å². The van der Waals surface area contributed by atoms with Gasteiger partial charge >= 0.3 is 0 Å². The molecule has 0 atom stereocenters. The molecule has 3 heterocycles. The standard InChI is InChI=1S/C17H28N4/c1-2-8-20(9-3-1)12-13-21-10-6-15-16(7-11-21)18-19-17(15)14-4-5-14/h14H,1-13H2,(H,18,19). The summed E-state index contributed by atoms with van der Waals surface area (Å²) in [6.45, 7) is 7.58. The highest BCUT2D eigenvalue weighted by Gasteiger charge is 2.31. The fourth-order valence-electron chi connectivity index (χ4n) is 3.94. The fourth-order valence-corrected chi connectivity index (χ4v) is 3.94. The van der Waals surface area contributed by atoms with Crippen molar-refractivity contribution in [2.75, 3.05) is 39.3 Å². The van der Waals surface area contributed by atoms with Gasteiger partial charge in [-0.2, -0.15) is 5.10 Å². The Balaban J connectivity index is 1.31. The average molecular weight is 288 g/mol. The van der Waals surface area contributed by atoms with Crippen molar-refractivity contribution in [1.82, 2.24) is 20.0 Å². The molecular weight excluding hydrogens is 260 g/mol. The lowest BCUT2D eigenvalue weighted by atomic mass is 10.1. The Labute approximate surface area is 127 Å². The summed E-state index contributed by atoms with van der Waals surface area (Å²) in [5, 5.41) is 7.92. The van der Waals surface area contributed by atoms with Gasteiger partial charge in [0.05, 0.1) is 5.69 Å². The summed E-state index contributed by atoms with van der Waals surface area (Å²) in [4.78, 5) is 5.32. The maximum atomic E-state index is 4.59. The summed E-state index contributed by atoms with van der Waals surface area (Å²) >= 11 is 0. The van der Waals surface area contributed by atoms with Crippen molar-refractivity contribution in [3.8, 4) is 0 Å². The Morgan fingerprint density at radius 2 is 1.62 bits per heavy atom. The molecule has 1 saturated heterocycles. The number of nitrogens with zero attached hydrogens (tertiary/aromatic N) is 3. The van der Waals surface area contributed by atoms with Gasteiger partial charge in [0, 0.05) is 44.2 Å². The Kier molecular flexibility index (Phi) is 3.99. The summed E-state index contributed by atoms with van der Waals surface area (Å²) < 4.78 is 0. The summed E-state index contributed by atoms with van der Waals surface area (Å²) in [7, 11) is 0. The van der Waals surface area contributed by atoms with Gasteiger partial charge in [0.25, 0.3) is 0 Å². The van der Waals surface area contributed by atoms with Gasteiger partial charge < -0.3 is 9.80 Å². The first-order chi connectivity index (χ1) is 10.4. The van der Waals surface area contributed by atoms with Crippen LogP contribution in [0, 0.1) is 0 Å². The summed E-state index contributed by atoms with van der Waals surface area (Å²) in [5.41, 5.74) is 4.40. The minimum Gasteiger partial charge on any atom is -0.302 e. The van der Waals surface area contributed by atoms with Gasteiger partial charge in [-0.15, -0.1) is 0 Å². The Hall–Kier alpha value is -0.870. The van der Waals surface area contributed by atoms with Gasteiger partial charge in [0.1, 0.15) is 0 Å². The van der Waals surface area contributed by atoms with E-state index in [2.05, 4.69) is 20.0 Å². The SMILES string of the molecule is C1CCN(CCN2CCc3[nH]nc(C4CC4)c3CC2)CC1. The van der Waals surface area contributed by atoms with Crippen LogP contribution in [0.4, 0.5) is 0 Å². The van der Waals surface area contributed by atoms with Crippen LogP contribution in [0.25, 0.3) is 0 Å². The second kappa shape index (κ2) is 6.09. The van der Waals surface area contributed by atoms with Crippen molar-refractivity contribution in [2.45, 2.75) is 50.9 Å². The molecule has 4 nitrogen and oxygen atoms in total. The fraction of sp³-hybridized carbons (Fsp3) is 0.824. The molecule has 1 saturated carbocycles. The van der Waals surface area contributed by atoms with Crippen LogP contribution in [-0.2, 0) is 12.8 Å². The predicted octanol–water partition coefficient (Wildman–Crippen LogP) is 2.17. The maximum Gasteiger partial charge on any atom is 0.0688 e. The normalized spacial score (nSPS) is 24.8. The van der Waals surface area contributed by atoms with E-state index in [1.807, 2.05) is 0 Å². The van der Waals surface area contributed by atoms with Crippen LogP contribution in [0.2, 0.25) is 0 Å². The molecule has 1 aromatic rings. The first kappa shape index (κ1) is 13.8. The average Bonchev–Trinajstić information content (AvgIpc) is 3.32. The molecule has 21 heavy (non-hydrogen) atoms. The summed E-state index contributed by atoms with van der Waals surface area (Å²) in [6.07, 6.45) is 9.33. The van der Waals surface area contributed by atoms with Crippen LogP contribution in [-0.4, -0.2) is 59.3 Å². The lowest BCUT2D eigenvalue weighted by Crippen LogP contribution is -2.38. The molecule has 0 bridgehead atoms. The third-order valence-electron chi connectivity index (χ3n) is 5.49. The minimum atomic E-state index is 0.782. The smallest absolute Gasteiger partial charge is 0.0688 e. The zero-order valence-corrected chi connectivity index (χ0v) is 13.1. The van der Waals surface area contributed by atoms with Crippen LogP contribution < -0.4 is 0 Å². The van der Waals surface area contributed by atoms with E-state index in [-0.39, 0.29) is 0 Å². The third kappa shape index (κ3) is 3.16. The second-order valence-electron chi connectivity index (χ2n) is 7.08. The van der Waals surface area contributed by atoms with Crippen molar-refractivity contribution >= 4 is 0 Å². The van der Waals surface area contributed by atoms with E-state index < -0.39 is 0 Å². The molecule has 0 aromatic carbocycles. The van der Waals surface area contributed by atoms with Crippen molar-refractivity contribution in [1.29, 1.82) is 0 Å². The van der Waals surface area contributed by atoms with Gasteiger partial charge in [-0.3, -0.25) is 5.10 Å². The number of nitrogens with one attached hydrogen (secondary N) is 1. The number of aromatic nitrogens is 2. The Bertz CT molecular complexity index is 471. The van der Waals surface area contributed by atoms with E-state index >= 15 is 0 Å². The van der Waals surface area contributed by atoms with E-state index in [9.17, 15) is 0 Å². The number of aromatic amines is 1. The van der Waals surface area contributed by atoms with Gasteiger partial charge in [-0.1, -0.05) is 6.42 Å². The first-order valence-electron chi connectivity index (χ1n) is 8.91. The number of piperidine rings is 1. The number of hydrogen-bond acceptors (Lipinski definition) is 3. The van der Waals surface area contributed by atoms with Crippen molar-refractivity contribution in [2.24, 2.45) is 0 Å². The van der Waals surface area contributed by atoms with Gasteiger partial charge in [-0.25, -0.2) is 0 Å². The number of hydrogen-bond donors (Lipinski definition) is 1. The largest absolute Gasteiger partial charge is 0.302 e. The van der Waals surface area contributed by atoms with E-state index in [1.165, 1.54) is 89.2 Å². The monoisotopic (exact) mass is 288 g/mol. The van der Waals surface area contributed by atoms with Crippen molar-refractivity contribution in [3.63, 3.8) is 0 Å². The van der Waals surface area contributed by atoms with Gasteiger partial charge in [0.15, 0.2) is 0 Å². The highest BCUT2D eigenvalue weighted by atomic mass is 15.2. The molecule has 0 unspecified atom stereocenters. The van der Waals surface area contributed by atoms with Crippen LogP contribution in [0.15, 0.2) is 0 Å². The zero-order chi connectivity index (χ0) is 14.1. The molecule has 2 aliphatic heterocycles. The van der Waals surface area contributed by atoms with E-state index in [1.54, 1.807) is 5.56 Å². The molecule has 1 N–H and O–H groups in total. The number of fused-ring (bicyclic) bond motifs is 1. The molecule has 0 spiro atoms. The van der Waals surface area contributed by atoms with Gasteiger partial charge in [-0.05, 0) is 50.8 Å². The van der Waals surface area contributed by atoms with Crippen LogP contribution in [0.3, 0.4) is 0 Å². The quantitative estimate of drug-likeness (QED) is 0.922. The molecule has 0 amide bonds. The molecule has 4 rings (SSSR count). The molecule has 116 valence electrons. The molecular formula is C17H28N4. The predicted molar refractivity (Wildman–Crippen MR) is 84.7 cm³/mol. The van der Waals surface area contributed by atoms with E-state index in [0.29, 0.717) is 0 Å². The van der Waals surface area contributed by atoms with E-state index in [0.717, 1.165) is 12.3 Å². The van der Waals surface area contributed by atoms with E-state index in [4.69, 9.17) is 0 Å². The Morgan fingerprint density at radius 1 is 0.905 bits per heavy atom. The molecule has 4 heteroatoms. The third-order valence-corrected chi connectivity index (χ3v) is 5.49. The first-order valence-corrected chi connectivity index (χ1v) is 8.91. The Morgan fingerprint density at radius 3 is 2.38 bits per heavy atom. The lowest BCUT2D eigenvalue weighted by molar-refractivity contribution is 0.184. The van der Waals surface area contributed by atoms with Crippen LogP contribution in [0.5, 0.6) is 0 Å². The highest BCUT2D eigenvalue weighted by molar-refractivity contribution is 5.32. The number of H-pyrrole nitrogens is 1. The summed E-state index contributed by atoms with van der Waals surface area (Å²) in [5.74, 6) is 0.782. The van der Waals surface area contributed by atoms with Gasteiger partial charge in [0.2, 0.25) is 0 Å². The lowest BCUT2D eigenvalue weighted by Gasteiger charge is -2.29. The zero-order valence-electron chi connectivity index (χ0n) is 13.1. The maximum absolute atomic E-state index is 4.59. The van der Waals surface area contributed by atoms with Crippen LogP contribution in [0.1, 0.15) is 55.0 Å². The number of likely N-dealkylation sites (tertiary alicyclic amines) is 1. The summed E-state index contributed by atoms with van der Waals surface area (Å²) in [6, 6.07) is 0. The molecule has 0 radical (unpaired) electrons. The minimum absolute atomic E-state index is 0.782.